The van der Waals surface area contributed by atoms with Gasteiger partial charge in [-0.25, -0.2) is 4.98 Å². The Kier molecular flexibility index (Phi) is 8.08. The molecule has 1 saturated heterocycles. The summed E-state index contributed by atoms with van der Waals surface area (Å²) in [6.07, 6.45) is 1.63. The van der Waals surface area contributed by atoms with E-state index in [0.29, 0.717) is 28.6 Å². The molecule has 0 spiro atoms. The quantitative estimate of drug-likeness (QED) is 0.339. The lowest BCUT2D eigenvalue weighted by Gasteiger charge is -2.47. The van der Waals surface area contributed by atoms with Gasteiger partial charge in [0.15, 0.2) is 18.2 Å². The van der Waals surface area contributed by atoms with Gasteiger partial charge < -0.3 is 24.8 Å². The van der Waals surface area contributed by atoms with Crippen LogP contribution in [0.25, 0.3) is 10.9 Å². The lowest BCUT2D eigenvalue weighted by Crippen LogP contribution is -2.51. The molecule has 0 unspecified atom stereocenters. The summed E-state index contributed by atoms with van der Waals surface area (Å²) >= 11 is 6.48. The molecule has 200 valence electrons. The number of aryl methyl sites for hydroxylation is 1. The van der Waals surface area contributed by atoms with E-state index in [-0.39, 0.29) is 29.0 Å². The van der Waals surface area contributed by atoms with Gasteiger partial charge in [0, 0.05) is 31.2 Å². The van der Waals surface area contributed by atoms with Crippen LogP contribution in [0.1, 0.15) is 13.8 Å². The normalized spacial score (nSPS) is 19.0. The number of hydrogen-bond donors (Lipinski definition) is 2. The summed E-state index contributed by atoms with van der Waals surface area (Å²) in [7, 11) is 12.0. The zero-order chi connectivity index (χ0) is 28.7. The highest BCUT2D eigenvalue weighted by molar-refractivity contribution is 6.59. The Bertz CT molecular complexity index is 1450. The van der Waals surface area contributed by atoms with Crippen molar-refractivity contribution in [2.24, 2.45) is 18.9 Å². The van der Waals surface area contributed by atoms with Crippen LogP contribution in [0.15, 0.2) is 35.3 Å². The van der Waals surface area contributed by atoms with Gasteiger partial charge in [-0.05, 0) is 41.3 Å². The second-order valence-corrected chi connectivity index (χ2v) is 12.7. The molecular weight excluding hydrogens is 510 g/mol. The van der Waals surface area contributed by atoms with Gasteiger partial charge in [0.2, 0.25) is 5.95 Å². The molecule has 1 aromatic carbocycles. The smallest absolute Gasteiger partial charge is 0.293 e. The zero-order valence-corrected chi connectivity index (χ0v) is 24.8. The van der Waals surface area contributed by atoms with Crippen LogP contribution in [0.2, 0.25) is 10.2 Å². The molecule has 1 aliphatic heterocycles. The minimum Gasteiger partial charge on any atom is -0.478 e. The molecule has 1 fully saturated rings. The molecule has 2 atom stereocenters. The highest BCUT2D eigenvalue weighted by Crippen LogP contribution is 2.42. The fourth-order valence-corrected chi connectivity index (χ4v) is 4.96. The summed E-state index contributed by atoms with van der Waals surface area (Å²) in [6, 6.07) is 7.26. The number of halogens is 1. The topological polar surface area (TPSA) is 101 Å². The largest absolute Gasteiger partial charge is 0.478 e. The Balaban J connectivity index is 1.58. The van der Waals surface area contributed by atoms with E-state index in [0.717, 1.165) is 29.7 Å². The Morgan fingerprint density at radius 3 is 2.51 bits per heavy atom. The molecular formula is C24H34B5ClN6O3. The molecule has 4 rings (SSSR count). The third-order valence-electron chi connectivity index (χ3n) is 7.87. The maximum atomic E-state index is 12.8. The fraction of sp³-hybridized carbons (Fsp3) is 0.417. The van der Waals surface area contributed by atoms with E-state index in [9.17, 15) is 9.59 Å². The van der Waals surface area contributed by atoms with Crippen molar-refractivity contribution in [3.63, 3.8) is 0 Å². The highest BCUT2D eigenvalue weighted by Gasteiger charge is 2.38. The van der Waals surface area contributed by atoms with Crippen LogP contribution in [0, 0.1) is 11.8 Å². The minimum atomic E-state index is -0.390. The van der Waals surface area contributed by atoms with E-state index in [1.54, 1.807) is 19.3 Å². The Hall–Kier alpha value is -3.01. The van der Waals surface area contributed by atoms with Crippen LogP contribution in [0.5, 0.6) is 5.75 Å². The molecule has 39 heavy (non-hydrogen) atoms. The average molecular weight is 544 g/mol. The lowest BCUT2D eigenvalue weighted by molar-refractivity contribution is -0.123. The van der Waals surface area contributed by atoms with Crippen LogP contribution >= 0.6 is 11.6 Å². The van der Waals surface area contributed by atoms with Gasteiger partial charge in [-0.2, -0.15) is 4.98 Å². The fourth-order valence-electron chi connectivity index (χ4n) is 4.82. The molecule has 1 amide bonds. The van der Waals surface area contributed by atoms with Gasteiger partial charge in [0.1, 0.15) is 44.3 Å². The van der Waals surface area contributed by atoms with Gasteiger partial charge in [-0.3, -0.25) is 9.59 Å². The number of carbonyl (C=O) groups is 1. The van der Waals surface area contributed by atoms with E-state index < -0.39 is 5.24 Å². The van der Waals surface area contributed by atoms with Crippen molar-refractivity contribution in [2.75, 3.05) is 29.9 Å². The zero-order valence-electron chi connectivity index (χ0n) is 24.1. The van der Waals surface area contributed by atoms with Gasteiger partial charge in [-0.15, -0.1) is 0 Å². The van der Waals surface area contributed by atoms with Crippen LogP contribution in [0.3, 0.4) is 0 Å². The minimum absolute atomic E-state index is 0.102. The third-order valence-corrected chi connectivity index (χ3v) is 8.15. The molecule has 15 heteroatoms. The number of nitrogens with zero attached hydrogens (tertiary/aromatic N) is 4. The van der Waals surface area contributed by atoms with Crippen molar-refractivity contribution in [2.45, 2.75) is 24.3 Å². The van der Waals surface area contributed by atoms with Crippen molar-refractivity contribution in [1.82, 2.24) is 19.9 Å². The molecule has 9 nitrogen and oxygen atoms in total. The summed E-state index contributed by atoms with van der Waals surface area (Å²) in [5.74, 6) is 1.93. The number of anilines is 3. The Morgan fingerprint density at radius 2 is 1.87 bits per heavy atom. The number of rotatable bonds is 7. The standard InChI is InChI=1S/C24H34B5ClN6O3/c1-12-9-36(10-13(2)23(12,25)26)22-31-8-16(30)20(33-22)32-15-4-5-17-14(6-15)7-18(21(38)35(17)3)39-11-19(37)34-24(27,28)29/h4-8,12-13H,9-11,25-29H2,1-3H3,(H,34,37)(H,31,32,33)/t12-,13+. The molecule has 3 heterocycles. The Labute approximate surface area is 238 Å². The highest BCUT2D eigenvalue weighted by atomic mass is 35.5. The second-order valence-electron chi connectivity index (χ2n) is 12.3. The number of fused-ring (bicyclic) bond motifs is 1. The number of aromatic nitrogens is 3. The molecule has 2 N–H and O–H groups in total. The van der Waals surface area contributed by atoms with E-state index in [1.807, 2.05) is 41.7 Å². The molecule has 0 saturated carbocycles. The van der Waals surface area contributed by atoms with E-state index in [4.69, 9.17) is 21.3 Å². The van der Waals surface area contributed by atoms with Gasteiger partial charge in [-0.1, -0.05) is 30.7 Å². The second kappa shape index (κ2) is 10.9. The van der Waals surface area contributed by atoms with Crippen LogP contribution in [-0.2, 0) is 11.8 Å². The first-order valence-electron chi connectivity index (χ1n) is 13.3. The first kappa shape index (κ1) is 29.0. The van der Waals surface area contributed by atoms with Gasteiger partial charge >= 0.3 is 0 Å². The predicted molar refractivity (Wildman–Crippen MR) is 172 cm³/mol. The summed E-state index contributed by atoms with van der Waals surface area (Å²) in [5, 5.41) is 7.16. The van der Waals surface area contributed by atoms with E-state index in [2.05, 4.69) is 50.1 Å². The number of nitrogens with one attached hydrogen (secondary N) is 2. The molecule has 3 aromatic rings. The number of ether oxygens (including phenoxy) is 1. The van der Waals surface area contributed by atoms with Crippen LogP contribution in [-0.4, -0.2) is 84.6 Å². The van der Waals surface area contributed by atoms with Gasteiger partial charge in [0.25, 0.3) is 11.5 Å². The van der Waals surface area contributed by atoms with Crippen molar-refractivity contribution in [3.8, 4) is 5.75 Å². The maximum Gasteiger partial charge on any atom is 0.293 e. The molecule has 0 radical (unpaired) electrons. The number of pyridine rings is 1. The number of amides is 1. The van der Waals surface area contributed by atoms with Crippen molar-refractivity contribution in [1.29, 1.82) is 0 Å². The number of benzene rings is 1. The number of carbonyl (C=O) groups excluding carboxylic acids is 1. The summed E-state index contributed by atoms with van der Waals surface area (Å²) in [6.45, 7) is 6.04. The van der Waals surface area contributed by atoms with E-state index >= 15 is 0 Å². The summed E-state index contributed by atoms with van der Waals surface area (Å²) in [4.78, 5) is 36.5. The van der Waals surface area contributed by atoms with Crippen molar-refractivity contribution in [3.05, 3.63) is 45.8 Å². The lowest BCUT2D eigenvalue weighted by atomic mass is 9.42. The summed E-state index contributed by atoms with van der Waals surface area (Å²) < 4.78 is 7.12. The maximum absolute atomic E-state index is 12.8. The van der Waals surface area contributed by atoms with Crippen molar-refractivity contribution >= 4 is 85.1 Å². The van der Waals surface area contributed by atoms with Crippen molar-refractivity contribution < 1.29 is 9.53 Å². The molecule has 2 aromatic heterocycles. The Morgan fingerprint density at radius 1 is 1.21 bits per heavy atom. The SMILES string of the molecule is BC(B)(B)NC(=O)COc1cc2cc(Nc3nc(N4C[C@@H](C)C(B)(B)[C@@H](C)C4)ncc3Cl)ccc2n(C)c1=O. The third kappa shape index (κ3) is 6.43. The predicted octanol–water partition coefficient (Wildman–Crippen LogP) is -1.79. The summed E-state index contributed by atoms with van der Waals surface area (Å²) in [5.41, 5.74) is 1.15. The number of hydrogen-bond acceptors (Lipinski definition) is 7. The number of piperidine rings is 1. The van der Waals surface area contributed by atoms with E-state index in [1.165, 1.54) is 4.57 Å². The molecule has 1 aliphatic rings. The van der Waals surface area contributed by atoms with Crippen LogP contribution < -0.4 is 25.8 Å². The van der Waals surface area contributed by atoms with Crippen LogP contribution in [0.4, 0.5) is 17.5 Å². The molecule has 0 aliphatic carbocycles. The molecule has 0 bridgehead atoms. The van der Waals surface area contributed by atoms with Gasteiger partial charge in [0.05, 0.1) is 11.7 Å². The average Bonchev–Trinajstić information content (AvgIpc) is 2.84. The first-order valence-corrected chi connectivity index (χ1v) is 13.7. The monoisotopic (exact) mass is 544 g/mol. The first-order chi connectivity index (χ1) is 18.2.